The molecule has 0 heterocycles. The summed E-state index contributed by atoms with van der Waals surface area (Å²) in [6.45, 7) is 0. The van der Waals surface area contributed by atoms with Crippen LogP contribution in [0, 0.1) is 11.6 Å². The van der Waals surface area contributed by atoms with Crippen molar-refractivity contribution >= 4 is 44.9 Å². The monoisotopic (exact) mass is 364 g/mol. The zero-order valence-electron chi connectivity index (χ0n) is 9.18. The van der Waals surface area contributed by atoms with Crippen LogP contribution in [0.15, 0.2) is 34.8 Å². The first kappa shape index (κ1) is 14.4. The van der Waals surface area contributed by atoms with Crippen molar-refractivity contribution in [1.29, 1.82) is 0 Å². The minimum absolute atomic E-state index is 0.138. The highest BCUT2D eigenvalue weighted by atomic mass is 79.9. The summed E-state index contributed by atoms with van der Waals surface area (Å²) in [5, 5.41) is 0.0361. The topological polar surface area (TPSA) is 17.1 Å². The van der Waals surface area contributed by atoms with Gasteiger partial charge in [0.1, 0.15) is 0 Å². The van der Waals surface area contributed by atoms with Crippen LogP contribution in [0.3, 0.4) is 0 Å². The van der Waals surface area contributed by atoms with E-state index in [0.29, 0.717) is 4.47 Å². The maximum Gasteiger partial charge on any atom is 0.196 e. The molecule has 0 aliphatic rings. The zero-order chi connectivity index (χ0) is 14.2. The summed E-state index contributed by atoms with van der Waals surface area (Å²) in [6.07, 6.45) is 0. The lowest BCUT2D eigenvalue weighted by atomic mass is 10.0. The first-order valence-corrected chi connectivity index (χ1v) is 6.59. The molecule has 0 spiro atoms. The molecule has 0 saturated carbocycles. The second-order valence-corrected chi connectivity index (χ2v) is 5.43. The quantitative estimate of drug-likeness (QED) is 0.523. The first-order chi connectivity index (χ1) is 8.90. The predicted octanol–water partition coefficient (Wildman–Crippen LogP) is 5.27. The number of carbonyl (C=O) groups excluding carboxylic acids is 1. The van der Waals surface area contributed by atoms with E-state index in [4.69, 9.17) is 23.2 Å². The van der Waals surface area contributed by atoms with E-state index >= 15 is 0 Å². The molecule has 2 aromatic carbocycles. The van der Waals surface area contributed by atoms with Gasteiger partial charge in [-0.05, 0) is 30.3 Å². The van der Waals surface area contributed by atoms with Gasteiger partial charge in [0.2, 0.25) is 0 Å². The fourth-order valence-electron chi connectivity index (χ4n) is 1.51. The maximum absolute atomic E-state index is 13.2. The molecule has 0 N–H and O–H groups in total. The molecule has 0 unspecified atom stereocenters. The Bertz CT molecular complexity index is 674. The summed E-state index contributed by atoms with van der Waals surface area (Å²) in [5.74, 6) is -2.82. The Morgan fingerprint density at radius 2 is 1.53 bits per heavy atom. The molecular weight excluding hydrogens is 361 g/mol. The van der Waals surface area contributed by atoms with Crippen molar-refractivity contribution in [2.75, 3.05) is 0 Å². The maximum atomic E-state index is 13.2. The van der Waals surface area contributed by atoms with Crippen molar-refractivity contribution in [1.82, 2.24) is 0 Å². The smallest absolute Gasteiger partial charge is 0.196 e. The highest BCUT2D eigenvalue weighted by molar-refractivity contribution is 9.10. The first-order valence-electron chi connectivity index (χ1n) is 5.04. The van der Waals surface area contributed by atoms with Gasteiger partial charge in [-0.15, -0.1) is 0 Å². The third-order valence-corrected chi connectivity index (χ3v) is 3.56. The molecule has 0 aromatic heterocycles. The third-order valence-electron chi connectivity index (χ3n) is 2.43. The van der Waals surface area contributed by atoms with Crippen LogP contribution in [0.5, 0.6) is 0 Å². The van der Waals surface area contributed by atoms with Crippen LogP contribution in [-0.4, -0.2) is 5.78 Å². The Balaban J connectivity index is 2.56. The van der Waals surface area contributed by atoms with Crippen molar-refractivity contribution in [2.24, 2.45) is 0 Å². The van der Waals surface area contributed by atoms with E-state index < -0.39 is 17.4 Å². The number of benzene rings is 2. The fraction of sp³-hybridized carbons (Fsp3) is 0. The number of hydrogen-bond acceptors (Lipinski definition) is 1. The molecule has 1 nitrogen and oxygen atoms in total. The second-order valence-electron chi connectivity index (χ2n) is 3.70. The molecule has 0 amide bonds. The fourth-order valence-corrected chi connectivity index (χ4v) is 2.31. The number of carbonyl (C=O) groups is 1. The number of halogens is 5. The Morgan fingerprint density at radius 1 is 0.947 bits per heavy atom. The summed E-state index contributed by atoms with van der Waals surface area (Å²) < 4.78 is 26.8. The lowest BCUT2D eigenvalue weighted by Gasteiger charge is -2.07. The molecule has 0 aliphatic heterocycles. The van der Waals surface area contributed by atoms with Crippen molar-refractivity contribution in [3.05, 3.63) is 67.6 Å². The Morgan fingerprint density at radius 3 is 2.21 bits per heavy atom. The molecule has 2 rings (SSSR count). The van der Waals surface area contributed by atoms with Gasteiger partial charge in [0.15, 0.2) is 17.4 Å². The zero-order valence-corrected chi connectivity index (χ0v) is 12.3. The molecular formula is C13H5BrCl2F2O. The van der Waals surface area contributed by atoms with E-state index in [2.05, 4.69) is 15.9 Å². The summed E-state index contributed by atoms with van der Waals surface area (Å²) >= 11 is 14.9. The van der Waals surface area contributed by atoms with Gasteiger partial charge in [-0.1, -0.05) is 39.1 Å². The van der Waals surface area contributed by atoms with Crippen LogP contribution in [0.2, 0.25) is 10.0 Å². The summed E-state index contributed by atoms with van der Waals surface area (Å²) in [5.41, 5.74) is 0.0181. The van der Waals surface area contributed by atoms with Gasteiger partial charge in [-0.2, -0.15) is 0 Å². The van der Waals surface area contributed by atoms with Gasteiger partial charge < -0.3 is 0 Å². The minimum Gasteiger partial charge on any atom is -0.288 e. The molecule has 0 saturated heterocycles. The van der Waals surface area contributed by atoms with Gasteiger partial charge in [-0.3, -0.25) is 4.79 Å². The molecule has 0 atom stereocenters. The molecule has 0 radical (unpaired) electrons. The summed E-state index contributed by atoms with van der Waals surface area (Å²) in [7, 11) is 0. The number of ketones is 1. The second kappa shape index (κ2) is 5.57. The van der Waals surface area contributed by atoms with Gasteiger partial charge in [0.05, 0.1) is 10.0 Å². The van der Waals surface area contributed by atoms with Gasteiger partial charge in [0, 0.05) is 15.6 Å². The Labute approximate surface area is 126 Å². The Kier molecular flexibility index (Phi) is 4.23. The molecule has 19 heavy (non-hydrogen) atoms. The van der Waals surface area contributed by atoms with Crippen molar-refractivity contribution in [3.8, 4) is 0 Å². The minimum atomic E-state index is -1.14. The van der Waals surface area contributed by atoms with Crippen LogP contribution in [-0.2, 0) is 0 Å². The summed E-state index contributed by atoms with van der Waals surface area (Å²) in [6, 6.07) is 6.19. The van der Waals surface area contributed by atoms with Crippen LogP contribution in [0.1, 0.15) is 15.9 Å². The van der Waals surface area contributed by atoms with Crippen LogP contribution in [0.25, 0.3) is 0 Å². The molecule has 2 aromatic rings. The van der Waals surface area contributed by atoms with Gasteiger partial charge in [-0.25, -0.2) is 8.78 Å². The predicted molar refractivity (Wildman–Crippen MR) is 74.0 cm³/mol. The third kappa shape index (κ3) is 2.96. The largest absolute Gasteiger partial charge is 0.288 e. The molecule has 6 heteroatoms. The van der Waals surface area contributed by atoms with Crippen LogP contribution in [0.4, 0.5) is 8.78 Å². The van der Waals surface area contributed by atoms with Crippen LogP contribution < -0.4 is 0 Å². The molecule has 0 bridgehead atoms. The van der Waals surface area contributed by atoms with E-state index in [1.807, 2.05) is 0 Å². The van der Waals surface area contributed by atoms with E-state index in [0.717, 1.165) is 12.1 Å². The van der Waals surface area contributed by atoms with Crippen LogP contribution >= 0.6 is 39.1 Å². The van der Waals surface area contributed by atoms with E-state index in [9.17, 15) is 13.6 Å². The van der Waals surface area contributed by atoms with E-state index in [-0.39, 0.29) is 21.2 Å². The SMILES string of the molecule is O=C(c1cc(Br)ccc1Cl)c1cc(F)c(F)cc1Cl. The number of hydrogen-bond donors (Lipinski definition) is 0. The lowest BCUT2D eigenvalue weighted by Crippen LogP contribution is -2.05. The molecule has 98 valence electrons. The highest BCUT2D eigenvalue weighted by Crippen LogP contribution is 2.27. The average molecular weight is 366 g/mol. The van der Waals surface area contributed by atoms with Crippen molar-refractivity contribution in [3.63, 3.8) is 0 Å². The normalized spacial score (nSPS) is 10.6. The van der Waals surface area contributed by atoms with Crippen molar-refractivity contribution < 1.29 is 13.6 Å². The molecule has 0 aliphatic carbocycles. The standard InChI is InChI=1S/C13H5BrCl2F2O/c14-6-1-2-9(15)7(3-6)13(19)8-4-11(17)12(18)5-10(8)16/h1-5H. The van der Waals surface area contributed by atoms with Gasteiger partial charge >= 0.3 is 0 Å². The molecule has 0 fully saturated rings. The number of rotatable bonds is 2. The van der Waals surface area contributed by atoms with Gasteiger partial charge in [0.25, 0.3) is 0 Å². The van der Waals surface area contributed by atoms with E-state index in [1.54, 1.807) is 6.07 Å². The Hall–Kier alpha value is -0.970. The average Bonchev–Trinajstić information content (AvgIpc) is 2.36. The lowest BCUT2D eigenvalue weighted by molar-refractivity contribution is 0.103. The highest BCUT2D eigenvalue weighted by Gasteiger charge is 2.19. The van der Waals surface area contributed by atoms with E-state index in [1.165, 1.54) is 12.1 Å². The van der Waals surface area contributed by atoms with Crippen molar-refractivity contribution in [2.45, 2.75) is 0 Å². The summed E-state index contributed by atoms with van der Waals surface area (Å²) in [4.78, 5) is 12.2.